The number of nitrogens with zero attached hydrogens (tertiary/aromatic N) is 1. The van der Waals surface area contributed by atoms with Crippen molar-refractivity contribution in [2.24, 2.45) is 0 Å². The van der Waals surface area contributed by atoms with Crippen LogP contribution in [0.4, 0.5) is 0 Å². The van der Waals surface area contributed by atoms with Crippen molar-refractivity contribution in [1.29, 1.82) is 0 Å². The molecule has 0 aliphatic rings. The van der Waals surface area contributed by atoms with E-state index in [1.165, 1.54) is 32.2 Å². The molecule has 0 fully saturated rings. The molecule has 0 heterocycles. The Balaban J connectivity index is 3.85. The summed E-state index contributed by atoms with van der Waals surface area (Å²) in [4.78, 5) is 2.60. The van der Waals surface area contributed by atoms with Gasteiger partial charge in [0.2, 0.25) is 0 Å². The minimum atomic E-state index is 0.605. The molecule has 0 atom stereocenters. The van der Waals surface area contributed by atoms with Gasteiger partial charge in [0.25, 0.3) is 0 Å². The second kappa shape index (κ2) is 11.9. The van der Waals surface area contributed by atoms with Gasteiger partial charge in [-0.3, -0.25) is 4.90 Å². The zero-order chi connectivity index (χ0) is 13.8. The lowest BCUT2D eigenvalue weighted by molar-refractivity contribution is 0.114. The van der Waals surface area contributed by atoms with Crippen LogP contribution in [-0.4, -0.2) is 50.3 Å². The number of nitrogens with one attached hydrogen (secondary N) is 1. The molecule has 0 amide bonds. The Morgan fingerprint density at radius 2 is 1.72 bits per heavy atom. The number of unbranched alkanes of at least 4 members (excludes halogenated alkanes) is 1. The van der Waals surface area contributed by atoms with Gasteiger partial charge in [0, 0.05) is 25.7 Å². The Labute approximate surface area is 114 Å². The van der Waals surface area contributed by atoms with Crippen molar-refractivity contribution in [1.82, 2.24) is 10.2 Å². The lowest BCUT2D eigenvalue weighted by atomic mass is 10.1. The van der Waals surface area contributed by atoms with E-state index in [0.717, 1.165) is 25.7 Å². The molecule has 0 aromatic rings. The Hall–Kier alpha value is -0.120. The molecule has 1 N–H and O–H groups in total. The first-order valence-electron chi connectivity index (χ1n) is 7.62. The van der Waals surface area contributed by atoms with E-state index in [2.05, 4.69) is 37.9 Å². The van der Waals surface area contributed by atoms with Crippen LogP contribution in [0.3, 0.4) is 0 Å². The van der Waals surface area contributed by atoms with Gasteiger partial charge in [0.05, 0.1) is 6.61 Å². The molecule has 3 nitrogen and oxygen atoms in total. The highest BCUT2D eigenvalue weighted by molar-refractivity contribution is 4.69. The van der Waals surface area contributed by atoms with Crippen LogP contribution in [0, 0.1) is 0 Å². The molecule has 18 heavy (non-hydrogen) atoms. The van der Waals surface area contributed by atoms with Crippen LogP contribution in [0.5, 0.6) is 0 Å². The third-order valence-electron chi connectivity index (χ3n) is 3.47. The minimum Gasteiger partial charge on any atom is -0.383 e. The summed E-state index contributed by atoms with van der Waals surface area (Å²) in [6.07, 6.45) is 5.02. The highest BCUT2D eigenvalue weighted by Gasteiger charge is 2.13. The van der Waals surface area contributed by atoms with E-state index in [-0.39, 0.29) is 0 Å². The molecule has 0 aromatic heterocycles. The normalized spacial score (nSPS) is 12.0. The number of rotatable bonds is 12. The summed E-state index contributed by atoms with van der Waals surface area (Å²) in [7, 11) is 1.79. The first kappa shape index (κ1) is 17.9. The fourth-order valence-corrected chi connectivity index (χ4v) is 2.32. The van der Waals surface area contributed by atoms with Gasteiger partial charge in [0.1, 0.15) is 0 Å². The second-order valence-electron chi connectivity index (χ2n) is 5.32. The quantitative estimate of drug-likeness (QED) is 0.545. The third kappa shape index (κ3) is 8.90. The summed E-state index contributed by atoms with van der Waals surface area (Å²) in [5.74, 6) is 0. The maximum atomic E-state index is 5.22. The summed E-state index contributed by atoms with van der Waals surface area (Å²) in [6.45, 7) is 13.2. The lowest BCUT2D eigenvalue weighted by Crippen LogP contribution is -2.38. The average Bonchev–Trinajstić information content (AvgIpc) is 2.35. The Bertz CT molecular complexity index is 170. The summed E-state index contributed by atoms with van der Waals surface area (Å²) in [5, 5.41) is 3.48. The van der Waals surface area contributed by atoms with Gasteiger partial charge < -0.3 is 10.1 Å². The zero-order valence-corrected chi connectivity index (χ0v) is 13.2. The molecular weight excluding hydrogens is 224 g/mol. The summed E-state index contributed by atoms with van der Waals surface area (Å²) in [6, 6.07) is 1.33. The summed E-state index contributed by atoms with van der Waals surface area (Å²) < 4.78 is 5.22. The van der Waals surface area contributed by atoms with Gasteiger partial charge in [-0.2, -0.15) is 0 Å². The van der Waals surface area contributed by atoms with E-state index >= 15 is 0 Å². The molecule has 0 rings (SSSR count). The Kier molecular flexibility index (Phi) is 11.9. The van der Waals surface area contributed by atoms with Crippen LogP contribution in [-0.2, 0) is 4.74 Å². The number of methoxy groups -OCH3 is 1. The van der Waals surface area contributed by atoms with E-state index in [1.54, 1.807) is 7.11 Å². The predicted octanol–water partition coefficient (Wildman–Crippen LogP) is 2.90. The fraction of sp³-hybridized carbons (Fsp3) is 1.00. The molecule has 0 spiro atoms. The van der Waals surface area contributed by atoms with Gasteiger partial charge in [-0.15, -0.1) is 0 Å². The predicted molar refractivity (Wildman–Crippen MR) is 80.2 cm³/mol. The fourth-order valence-electron chi connectivity index (χ4n) is 2.32. The maximum Gasteiger partial charge on any atom is 0.0589 e. The first-order chi connectivity index (χ1) is 8.65. The largest absolute Gasteiger partial charge is 0.383 e. The van der Waals surface area contributed by atoms with E-state index in [9.17, 15) is 0 Å². The molecule has 0 aliphatic heterocycles. The van der Waals surface area contributed by atoms with Gasteiger partial charge >= 0.3 is 0 Å². The summed E-state index contributed by atoms with van der Waals surface area (Å²) >= 11 is 0. The van der Waals surface area contributed by atoms with E-state index in [4.69, 9.17) is 4.74 Å². The Morgan fingerprint density at radius 3 is 2.22 bits per heavy atom. The van der Waals surface area contributed by atoms with Crippen molar-refractivity contribution in [2.45, 2.75) is 65.5 Å². The molecule has 0 radical (unpaired) electrons. The molecule has 0 saturated heterocycles. The van der Waals surface area contributed by atoms with Crippen LogP contribution in [0.25, 0.3) is 0 Å². The monoisotopic (exact) mass is 258 g/mol. The van der Waals surface area contributed by atoms with Crippen molar-refractivity contribution in [3.8, 4) is 0 Å². The molecule has 3 heteroatoms. The maximum absolute atomic E-state index is 5.22. The highest BCUT2D eigenvalue weighted by Crippen LogP contribution is 2.09. The smallest absolute Gasteiger partial charge is 0.0589 e. The molecular formula is C15H34N2O. The van der Waals surface area contributed by atoms with Crippen LogP contribution < -0.4 is 5.32 Å². The number of hydrogen-bond acceptors (Lipinski definition) is 3. The van der Waals surface area contributed by atoms with Gasteiger partial charge in [-0.25, -0.2) is 0 Å². The van der Waals surface area contributed by atoms with Crippen LogP contribution >= 0.6 is 0 Å². The number of ether oxygens (including phenoxy) is 1. The van der Waals surface area contributed by atoms with E-state index in [0.29, 0.717) is 6.04 Å². The van der Waals surface area contributed by atoms with Crippen molar-refractivity contribution >= 4 is 0 Å². The van der Waals surface area contributed by atoms with Gasteiger partial charge in [-0.1, -0.05) is 27.7 Å². The lowest BCUT2D eigenvalue weighted by Gasteiger charge is -2.30. The van der Waals surface area contributed by atoms with Crippen LogP contribution in [0.15, 0.2) is 0 Å². The van der Waals surface area contributed by atoms with Crippen LogP contribution in [0.1, 0.15) is 53.4 Å². The van der Waals surface area contributed by atoms with E-state index < -0.39 is 0 Å². The first-order valence-corrected chi connectivity index (χ1v) is 7.62. The van der Waals surface area contributed by atoms with Crippen LogP contribution in [0.2, 0.25) is 0 Å². The van der Waals surface area contributed by atoms with E-state index in [1.807, 2.05) is 0 Å². The third-order valence-corrected chi connectivity index (χ3v) is 3.47. The van der Waals surface area contributed by atoms with Gasteiger partial charge in [0.15, 0.2) is 0 Å². The Morgan fingerprint density at radius 1 is 1.06 bits per heavy atom. The highest BCUT2D eigenvalue weighted by atomic mass is 16.5. The van der Waals surface area contributed by atoms with Crippen molar-refractivity contribution in [3.63, 3.8) is 0 Å². The minimum absolute atomic E-state index is 0.605. The van der Waals surface area contributed by atoms with Crippen molar-refractivity contribution < 1.29 is 4.74 Å². The molecule has 0 bridgehead atoms. The standard InChI is InChI=1S/C15H34N2O/c1-6-15(7-2)17(12-13-18-5)11-9-8-10-16-14(3)4/h14-16H,6-13H2,1-5H3. The number of hydrogen-bond donors (Lipinski definition) is 1. The van der Waals surface area contributed by atoms with Crippen molar-refractivity contribution in [3.05, 3.63) is 0 Å². The molecule has 0 saturated carbocycles. The zero-order valence-electron chi connectivity index (χ0n) is 13.2. The summed E-state index contributed by atoms with van der Waals surface area (Å²) in [5.41, 5.74) is 0. The second-order valence-corrected chi connectivity index (χ2v) is 5.32. The molecule has 0 aliphatic carbocycles. The van der Waals surface area contributed by atoms with Gasteiger partial charge in [-0.05, 0) is 38.8 Å². The molecule has 110 valence electrons. The SMILES string of the molecule is CCC(CC)N(CCCCNC(C)C)CCOC. The molecule has 0 unspecified atom stereocenters. The van der Waals surface area contributed by atoms with Crippen molar-refractivity contribution in [2.75, 3.05) is 33.4 Å². The molecule has 0 aromatic carbocycles. The average molecular weight is 258 g/mol. The topological polar surface area (TPSA) is 24.5 Å².